The van der Waals surface area contributed by atoms with Crippen molar-refractivity contribution in [2.24, 2.45) is 5.73 Å². The van der Waals surface area contributed by atoms with Gasteiger partial charge in [0.25, 0.3) is 0 Å². The second-order valence-electron chi connectivity index (χ2n) is 6.43. The molecule has 0 saturated carbocycles. The highest BCUT2D eigenvalue weighted by atomic mass is 32.2. The molecule has 3 amide bonds. The molecule has 9 nitrogen and oxygen atoms in total. The number of aliphatic carboxylic acids is 1. The fraction of sp³-hybridized carbons (Fsp3) is 0.474. The Labute approximate surface area is 174 Å². The summed E-state index contributed by atoms with van der Waals surface area (Å²) in [6.45, 7) is 1.07. The first-order valence-electron chi connectivity index (χ1n) is 9.14. The lowest BCUT2D eigenvalue weighted by Gasteiger charge is -2.24. The Morgan fingerprint density at radius 3 is 2.21 bits per heavy atom. The third kappa shape index (κ3) is 8.97. The van der Waals surface area contributed by atoms with E-state index in [9.17, 15) is 19.2 Å². The van der Waals surface area contributed by atoms with Crippen molar-refractivity contribution in [3.05, 3.63) is 35.9 Å². The summed E-state index contributed by atoms with van der Waals surface area (Å²) in [4.78, 5) is 48.0. The fourth-order valence-electron chi connectivity index (χ4n) is 2.46. The van der Waals surface area contributed by atoms with Gasteiger partial charge in [-0.25, -0.2) is 0 Å². The number of carboxylic acids is 1. The zero-order valence-electron chi connectivity index (χ0n) is 16.5. The van der Waals surface area contributed by atoms with Gasteiger partial charge in [0.15, 0.2) is 0 Å². The molecule has 0 aliphatic heterocycles. The number of benzene rings is 1. The van der Waals surface area contributed by atoms with E-state index in [-0.39, 0.29) is 13.0 Å². The maximum absolute atomic E-state index is 12.8. The first-order chi connectivity index (χ1) is 13.8. The van der Waals surface area contributed by atoms with Crippen LogP contribution in [-0.2, 0) is 25.6 Å². The summed E-state index contributed by atoms with van der Waals surface area (Å²) in [6.07, 6.45) is 2.39. The Bertz CT molecular complexity index is 701. The van der Waals surface area contributed by atoms with Gasteiger partial charge in [-0.1, -0.05) is 30.3 Å². The summed E-state index contributed by atoms with van der Waals surface area (Å²) in [5.74, 6) is -2.22. The van der Waals surface area contributed by atoms with E-state index in [1.165, 1.54) is 18.7 Å². The number of amides is 3. The average molecular weight is 425 g/mol. The van der Waals surface area contributed by atoms with Crippen LogP contribution in [0.15, 0.2) is 30.3 Å². The maximum atomic E-state index is 12.8. The monoisotopic (exact) mass is 424 g/mol. The summed E-state index contributed by atoms with van der Waals surface area (Å²) >= 11 is 1.49. The van der Waals surface area contributed by atoms with Crippen molar-refractivity contribution >= 4 is 35.5 Å². The number of carboxylic acid groups (broad SMARTS) is 1. The zero-order chi connectivity index (χ0) is 21.8. The van der Waals surface area contributed by atoms with Crippen molar-refractivity contribution in [2.75, 3.05) is 18.6 Å². The Hall–Kier alpha value is -2.59. The number of nitrogens with two attached hydrogens (primary N) is 1. The maximum Gasteiger partial charge on any atom is 0.325 e. The Balaban J connectivity index is 2.92. The quantitative estimate of drug-likeness (QED) is 0.303. The molecule has 0 aromatic heterocycles. The molecule has 0 saturated heterocycles. The van der Waals surface area contributed by atoms with Crippen molar-refractivity contribution in [1.29, 1.82) is 0 Å². The second kappa shape index (κ2) is 12.8. The lowest BCUT2D eigenvalue weighted by molar-refractivity contribution is -0.141. The number of thioether (sulfide) groups is 1. The molecular formula is C19H28N4O5S. The largest absolute Gasteiger partial charge is 0.480 e. The predicted octanol–water partition coefficient (Wildman–Crippen LogP) is -0.500. The summed E-state index contributed by atoms with van der Waals surface area (Å²) in [5.41, 5.74) is 6.17. The summed E-state index contributed by atoms with van der Waals surface area (Å²) in [5, 5.41) is 16.5. The van der Waals surface area contributed by atoms with Crippen molar-refractivity contribution in [3.63, 3.8) is 0 Å². The molecule has 0 spiro atoms. The molecule has 0 radical (unpaired) electrons. The summed E-state index contributed by atoms with van der Waals surface area (Å²) < 4.78 is 0. The molecular weight excluding hydrogens is 396 g/mol. The van der Waals surface area contributed by atoms with Crippen LogP contribution in [0.1, 0.15) is 18.9 Å². The SMILES string of the molecule is CSCCC(NC(=O)C(Cc1ccccc1)NC(=O)CN)C(=O)NC(C)C(=O)O. The van der Waals surface area contributed by atoms with Crippen LogP contribution in [-0.4, -0.2) is 65.5 Å². The lowest BCUT2D eigenvalue weighted by atomic mass is 10.0. The van der Waals surface area contributed by atoms with Crippen LogP contribution in [0, 0.1) is 0 Å². The highest BCUT2D eigenvalue weighted by Gasteiger charge is 2.28. The van der Waals surface area contributed by atoms with Gasteiger partial charge in [-0.05, 0) is 30.9 Å². The fourth-order valence-corrected chi connectivity index (χ4v) is 2.94. The van der Waals surface area contributed by atoms with Crippen LogP contribution in [0.25, 0.3) is 0 Å². The molecule has 3 unspecified atom stereocenters. The molecule has 1 aromatic rings. The van der Waals surface area contributed by atoms with Crippen molar-refractivity contribution in [2.45, 2.75) is 37.9 Å². The molecule has 160 valence electrons. The van der Waals surface area contributed by atoms with Crippen molar-refractivity contribution in [1.82, 2.24) is 16.0 Å². The summed E-state index contributed by atoms with van der Waals surface area (Å²) in [6, 6.07) is 6.17. The van der Waals surface area contributed by atoms with Crippen LogP contribution in [0.5, 0.6) is 0 Å². The Morgan fingerprint density at radius 2 is 1.66 bits per heavy atom. The summed E-state index contributed by atoms with van der Waals surface area (Å²) in [7, 11) is 0. The molecule has 0 fully saturated rings. The third-order valence-electron chi connectivity index (χ3n) is 4.09. The minimum Gasteiger partial charge on any atom is -0.480 e. The van der Waals surface area contributed by atoms with Gasteiger partial charge in [-0.3, -0.25) is 19.2 Å². The first-order valence-corrected chi connectivity index (χ1v) is 10.5. The van der Waals surface area contributed by atoms with E-state index in [0.717, 1.165) is 5.56 Å². The van der Waals surface area contributed by atoms with Crippen LogP contribution < -0.4 is 21.7 Å². The lowest BCUT2D eigenvalue weighted by Crippen LogP contribution is -2.56. The number of carbonyl (C=O) groups excluding carboxylic acids is 3. The average Bonchev–Trinajstić information content (AvgIpc) is 2.70. The highest BCUT2D eigenvalue weighted by Crippen LogP contribution is 2.06. The first kappa shape index (κ1) is 24.4. The molecule has 29 heavy (non-hydrogen) atoms. The van der Waals surface area contributed by atoms with E-state index in [4.69, 9.17) is 10.8 Å². The van der Waals surface area contributed by atoms with E-state index in [1.54, 1.807) is 0 Å². The van der Waals surface area contributed by atoms with Gasteiger partial charge in [-0.2, -0.15) is 11.8 Å². The van der Waals surface area contributed by atoms with Gasteiger partial charge in [0.05, 0.1) is 6.54 Å². The van der Waals surface area contributed by atoms with Gasteiger partial charge in [0.2, 0.25) is 17.7 Å². The van der Waals surface area contributed by atoms with E-state index < -0.39 is 41.8 Å². The predicted molar refractivity (Wildman–Crippen MR) is 111 cm³/mol. The van der Waals surface area contributed by atoms with E-state index in [1.807, 2.05) is 36.6 Å². The number of nitrogens with one attached hydrogen (secondary N) is 3. The number of rotatable bonds is 12. The Morgan fingerprint density at radius 1 is 1.03 bits per heavy atom. The minimum absolute atomic E-state index is 0.223. The molecule has 1 rings (SSSR count). The van der Waals surface area contributed by atoms with E-state index in [0.29, 0.717) is 12.2 Å². The van der Waals surface area contributed by atoms with Gasteiger partial charge in [-0.15, -0.1) is 0 Å². The molecule has 1 aromatic carbocycles. The second-order valence-corrected chi connectivity index (χ2v) is 7.41. The molecule has 0 aliphatic carbocycles. The molecule has 0 aliphatic rings. The number of carbonyl (C=O) groups is 4. The van der Waals surface area contributed by atoms with Gasteiger partial charge < -0.3 is 26.8 Å². The van der Waals surface area contributed by atoms with Crippen LogP contribution in [0.3, 0.4) is 0 Å². The van der Waals surface area contributed by atoms with E-state index >= 15 is 0 Å². The van der Waals surface area contributed by atoms with Crippen molar-refractivity contribution < 1.29 is 24.3 Å². The smallest absolute Gasteiger partial charge is 0.325 e. The van der Waals surface area contributed by atoms with Crippen LogP contribution in [0.2, 0.25) is 0 Å². The molecule has 3 atom stereocenters. The molecule has 0 heterocycles. The van der Waals surface area contributed by atoms with E-state index in [2.05, 4.69) is 16.0 Å². The minimum atomic E-state index is -1.18. The topological polar surface area (TPSA) is 151 Å². The van der Waals surface area contributed by atoms with Gasteiger partial charge in [0.1, 0.15) is 18.1 Å². The molecule has 0 bridgehead atoms. The number of hydrogen-bond acceptors (Lipinski definition) is 6. The van der Waals surface area contributed by atoms with Crippen molar-refractivity contribution in [3.8, 4) is 0 Å². The molecule has 6 N–H and O–H groups in total. The highest BCUT2D eigenvalue weighted by molar-refractivity contribution is 7.98. The van der Waals surface area contributed by atoms with Crippen LogP contribution in [0.4, 0.5) is 0 Å². The van der Waals surface area contributed by atoms with Gasteiger partial charge in [0, 0.05) is 6.42 Å². The number of hydrogen-bond donors (Lipinski definition) is 5. The van der Waals surface area contributed by atoms with Gasteiger partial charge >= 0.3 is 5.97 Å². The normalized spacial score (nSPS) is 13.6. The standard InChI is InChI=1S/C19H28N4O5S/c1-12(19(27)28)21-17(25)14(8-9-29-2)23-18(26)15(22-16(24)11-20)10-13-6-4-3-5-7-13/h3-7,12,14-15H,8-11,20H2,1-2H3,(H,21,25)(H,22,24)(H,23,26)(H,27,28). The zero-order valence-corrected chi connectivity index (χ0v) is 17.3. The Kier molecular flexibility index (Phi) is 10.8. The van der Waals surface area contributed by atoms with Crippen LogP contribution >= 0.6 is 11.8 Å². The molecule has 10 heteroatoms. The third-order valence-corrected chi connectivity index (χ3v) is 4.74.